The van der Waals surface area contributed by atoms with Gasteiger partial charge in [-0.2, -0.15) is 0 Å². The van der Waals surface area contributed by atoms with Crippen LogP contribution < -0.4 is 0 Å². The second kappa shape index (κ2) is 4.49. The maximum absolute atomic E-state index is 13.5. The quantitative estimate of drug-likeness (QED) is 0.530. The molecule has 0 N–H and O–H groups in total. The fraction of sp³-hybridized carbons (Fsp3) is 0. The van der Waals surface area contributed by atoms with Crippen LogP contribution in [0.3, 0.4) is 0 Å². The van der Waals surface area contributed by atoms with E-state index in [4.69, 9.17) is 0 Å². The molecule has 0 aliphatic heterocycles. The number of hydrogen-bond acceptors (Lipinski definition) is 0. The van der Waals surface area contributed by atoms with Crippen molar-refractivity contribution in [3.05, 3.63) is 58.1 Å². The fourth-order valence-electron chi connectivity index (χ4n) is 1.43. The van der Waals surface area contributed by atoms with Gasteiger partial charge in [-0.05, 0) is 29.8 Å². The maximum Gasteiger partial charge on any atom is 0.194 e. The third kappa shape index (κ3) is 2.34. The summed E-state index contributed by atoms with van der Waals surface area (Å²) in [5.74, 6) is -4.90. The molecule has 2 aromatic rings. The summed E-state index contributed by atoms with van der Waals surface area (Å²) in [6, 6.07) is 5.55. The SMILES string of the molecule is Fc1cc(Br)ccc1-c1cc(F)c(F)c(F)c1. The lowest BCUT2D eigenvalue weighted by molar-refractivity contribution is 0.447. The Morgan fingerprint density at radius 3 is 1.88 bits per heavy atom. The molecule has 0 aliphatic rings. The highest BCUT2D eigenvalue weighted by atomic mass is 79.9. The fourth-order valence-corrected chi connectivity index (χ4v) is 1.77. The first kappa shape index (κ1) is 12.1. The van der Waals surface area contributed by atoms with Crippen LogP contribution in [0.5, 0.6) is 0 Å². The van der Waals surface area contributed by atoms with Crippen molar-refractivity contribution in [1.82, 2.24) is 0 Å². The van der Waals surface area contributed by atoms with E-state index in [1.807, 2.05) is 0 Å². The van der Waals surface area contributed by atoms with Gasteiger partial charge in [0.05, 0.1) is 0 Å². The lowest BCUT2D eigenvalue weighted by atomic mass is 10.0. The summed E-state index contributed by atoms with van der Waals surface area (Å²) in [6.07, 6.45) is 0. The molecule has 17 heavy (non-hydrogen) atoms. The van der Waals surface area contributed by atoms with Crippen LogP contribution in [0.4, 0.5) is 17.6 Å². The number of rotatable bonds is 1. The number of hydrogen-bond donors (Lipinski definition) is 0. The van der Waals surface area contributed by atoms with Gasteiger partial charge in [-0.25, -0.2) is 17.6 Å². The zero-order chi connectivity index (χ0) is 12.6. The van der Waals surface area contributed by atoms with Crippen molar-refractivity contribution in [3.8, 4) is 11.1 Å². The van der Waals surface area contributed by atoms with Crippen LogP contribution in [0, 0.1) is 23.3 Å². The van der Waals surface area contributed by atoms with Crippen molar-refractivity contribution in [2.45, 2.75) is 0 Å². The largest absolute Gasteiger partial charge is 0.206 e. The Kier molecular flexibility index (Phi) is 3.19. The molecule has 2 aromatic carbocycles. The first-order valence-corrected chi connectivity index (χ1v) is 5.38. The average molecular weight is 305 g/mol. The Bertz CT molecular complexity index is 558. The average Bonchev–Trinajstić information content (AvgIpc) is 2.25. The van der Waals surface area contributed by atoms with E-state index in [1.165, 1.54) is 12.1 Å². The second-order valence-corrected chi connectivity index (χ2v) is 4.29. The Hall–Kier alpha value is -1.36. The minimum atomic E-state index is -1.56. The molecule has 0 bridgehead atoms. The summed E-state index contributed by atoms with van der Waals surface area (Å²) >= 11 is 3.06. The Morgan fingerprint density at radius 2 is 1.35 bits per heavy atom. The smallest absolute Gasteiger partial charge is 0.194 e. The van der Waals surface area contributed by atoms with Gasteiger partial charge in [-0.15, -0.1) is 0 Å². The second-order valence-electron chi connectivity index (χ2n) is 3.38. The van der Waals surface area contributed by atoms with Crippen molar-refractivity contribution in [2.75, 3.05) is 0 Å². The Morgan fingerprint density at radius 1 is 0.765 bits per heavy atom. The normalized spacial score (nSPS) is 10.6. The van der Waals surface area contributed by atoms with Crippen LogP contribution in [0.15, 0.2) is 34.8 Å². The van der Waals surface area contributed by atoms with Crippen LogP contribution in [-0.2, 0) is 0 Å². The van der Waals surface area contributed by atoms with Gasteiger partial charge in [0.2, 0.25) is 0 Å². The van der Waals surface area contributed by atoms with Gasteiger partial charge in [0, 0.05) is 10.0 Å². The van der Waals surface area contributed by atoms with Crippen LogP contribution in [0.25, 0.3) is 11.1 Å². The van der Waals surface area contributed by atoms with Crippen molar-refractivity contribution in [3.63, 3.8) is 0 Å². The molecule has 0 atom stereocenters. The Labute approximate surface area is 103 Å². The zero-order valence-electron chi connectivity index (χ0n) is 8.28. The molecule has 88 valence electrons. The minimum absolute atomic E-state index is 0.00556. The molecular formula is C12H5BrF4. The van der Waals surface area contributed by atoms with Gasteiger partial charge in [-0.1, -0.05) is 22.0 Å². The molecule has 0 heterocycles. The number of halogens is 5. The van der Waals surface area contributed by atoms with Crippen molar-refractivity contribution < 1.29 is 17.6 Å². The summed E-state index contributed by atoms with van der Waals surface area (Å²) in [4.78, 5) is 0. The third-order valence-corrected chi connectivity index (χ3v) is 2.72. The molecule has 0 aliphatic carbocycles. The molecule has 0 radical (unpaired) electrons. The Balaban J connectivity index is 2.61. The summed E-state index contributed by atoms with van der Waals surface area (Å²) < 4.78 is 52.8. The van der Waals surface area contributed by atoms with Crippen LogP contribution in [-0.4, -0.2) is 0 Å². The monoisotopic (exact) mass is 304 g/mol. The molecule has 2 rings (SSSR count). The standard InChI is InChI=1S/C12H5BrF4/c13-7-1-2-8(9(14)5-7)6-3-10(15)12(17)11(16)4-6/h1-5H. The molecule has 0 amide bonds. The predicted molar refractivity (Wildman–Crippen MR) is 59.4 cm³/mol. The van der Waals surface area contributed by atoms with Crippen LogP contribution >= 0.6 is 15.9 Å². The topological polar surface area (TPSA) is 0 Å². The lowest BCUT2D eigenvalue weighted by Gasteiger charge is -2.05. The first-order valence-electron chi connectivity index (χ1n) is 4.59. The van der Waals surface area contributed by atoms with E-state index in [-0.39, 0.29) is 11.1 Å². The third-order valence-electron chi connectivity index (χ3n) is 2.23. The molecular weight excluding hydrogens is 300 g/mol. The molecule has 5 heteroatoms. The van der Waals surface area contributed by atoms with E-state index >= 15 is 0 Å². The highest BCUT2D eigenvalue weighted by molar-refractivity contribution is 9.10. The summed E-state index contributed by atoms with van der Waals surface area (Å²) in [5.41, 5.74) is -0.0441. The van der Waals surface area contributed by atoms with E-state index in [0.717, 1.165) is 18.2 Å². The molecule has 0 unspecified atom stereocenters. The molecule has 0 aromatic heterocycles. The van der Waals surface area contributed by atoms with Crippen molar-refractivity contribution in [1.29, 1.82) is 0 Å². The van der Waals surface area contributed by atoms with Gasteiger partial charge in [0.1, 0.15) is 5.82 Å². The minimum Gasteiger partial charge on any atom is -0.206 e. The van der Waals surface area contributed by atoms with E-state index < -0.39 is 23.3 Å². The van der Waals surface area contributed by atoms with Crippen molar-refractivity contribution >= 4 is 15.9 Å². The van der Waals surface area contributed by atoms with Gasteiger partial charge >= 0.3 is 0 Å². The van der Waals surface area contributed by atoms with E-state index in [9.17, 15) is 17.6 Å². The van der Waals surface area contributed by atoms with Gasteiger partial charge in [-0.3, -0.25) is 0 Å². The number of benzene rings is 2. The maximum atomic E-state index is 13.5. The van der Waals surface area contributed by atoms with E-state index in [0.29, 0.717) is 4.47 Å². The molecule has 0 saturated heterocycles. The molecule has 0 nitrogen and oxygen atoms in total. The summed E-state index contributed by atoms with van der Waals surface area (Å²) in [7, 11) is 0. The molecule has 0 saturated carbocycles. The zero-order valence-corrected chi connectivity index (χ0v) is 9.86. The van der Waals surface area contributed by atoms with E-state index in [2.05, 4.69) is 15.9 Å². The highest BCUT2D eigenvalue weighted by Crippen LogP contribution is 2.27. The molecule has 0 fully saturated rings. The van der Waals surface area contributed by atoms with Gasteiger partial charge in [0.15, 0.2) is 17.5 Å². The van der Waals surface area contributed by atoms with Gasteiger partial charge < -0.3 is 0 Å². The molecule has 0 spiro atoms. The van der Waals surface area contributed by atoms with Crippen molar-refractivity contribution in [2.24, 2.45) is 0 Å². The highest BCUT2D eigenvalue weighted by Gasteiger charge is 2.13. The van der Waals surface area contributed by atoms with Gasteiger partial charge in [0.25, 0.3) is 0 Å². The summed E-state index contributed by atoms with van der Waals surface area (Å²) in [5, 5.41) is 0. The van der Waals surface area contributed by atoms with E-state index in [1.54, 1.807) is 0 Å². The van der Waals surface area contributed by atoms with Crippen LogP contribution in [0.2, 0.25) is 0 Å². The summed E-state index contributed by atoms with van der Waals surface area (Å²) in [6.45, 7) is 0. The van der Waals surface area contributed by atoms with Crippen LogP contribution in [0.1, 0.15) is 0 Å². The predicted octanol–water partition coefficient (Wildman–Crippen LogP) is 4.67. The first-order chi connectivity index (χ1) is 7.99. The lowest BCUT2D eigenvalue weighted by Crippen LogP contribution is -1.93.